The average Bonchev–Trinajstić information content (AvgIpc) is 2.95. The fraction of sp³-hybridized carbons (Fsp3) is 0.810. The molecule has 3 atom stereocenters. The number of carbonyl (C=O) groups is 2. The molecule has 0 aromatic rings. The highest BCUT2D eigenvalue weighted by molar-refractivity contribution is 5.83. The zero-order valence-corrected chi connectivity index (χ0v) is 15.8. The normalized spacial score (nSPS) is 22.0. The van der Waals surface area contributed by atoms with E-state index >= 15 is 0 Å². The number of allylic oxidation sites excluding steroid dienone is 1. The van der Waals surface area contributed by atoms with Gasteiger partial charge in [-0.3, -0.25) is 9.59 Å². The smallest absolute Gasteiger partial charge is 0.158 e. The monoisotopic (exact) mass is 352 g/mol. The lowest BCUT2D eigenvalue weighted by Gasteiger charge is -2.15. The Hall–Kier alpha value is -1.00. The lowest BCUT2D eigenvalue weighted by atomic mass is 9.89. The molecule has 4 nitrogen and oxygen atoms in total. The fourth-order valence-electron chi connectivity index (χ4n) is 3.63. The first-order chi connectivity index (χ1) is 12.1. The molecular formula is C21H36O4. The molecule has 0 bridgehead atoms. The van der Waals surface area contributed by atoms with Gasteiger partial charge in [0.1, 0.15) is 12.4 Å². The van der Waals surface area contributed by atoms with Gasteiger partial charge in [0.2, 0.25) is 0 Å². The molecule has 1 saturated carbocycles. The van der Waals surface area contributed by atoms with Gasteiger partial charge < -0.3 is 10.2 Å². The third-order valence-corrected chi connectivity index (χ3v) is 5.23. The Balaban J connectivity index is 2.24. The van der Waals surface area contributed by atoms with Gasteiger partial charge in [0.25, 0.3) is 0 Å². The van der Waals surface area contributed by atoms with Crippen LogP contribution in [0.2, 0.25) is 0 Å². The van der Waals surface area contributed by atoms with Crippen molar-refractivity contribution in [2.75, 3.05) is 6.61 Å². The van der Waals surface area contributed by atoms with E-state index in [0.29, 0.717) is 31.0 Å². The third-order valence-electron chi connectivity index (χ3n) is 5.23. The Labute approximate surface area is 152 Å². The molecule has 144 valence electrons. The van der Waals surface area contributed by atoms with Gasteiger partial charge in [0.15, 0.2) is 5.78 Å². The predicted molar refractivity (Wildman–Crippen MR) is 100 cm³/mol. The predicted octanol–water partition coefficient (Wildman–Crippen LogP) is 3.98. The zero-order chi connectivity index (χ0) is 18.5. The van der Waals surface area contributed by atoms with E-state index < -0.39 is 0 Å². The van der Waals surface area contributed by atoms with Crippen molar-refractivity contribution in [1.29, 1.82) is 0 Å². The van der Waals surface area contributed by atoms with Crippen molar-refractivity contribution >= 4 is 11.6 Å². The van der Waals surface area contributed by atoms with Crippen LogP contribution < -0.4 is 0 Å². The van der Waals surface area contributed by atoms with E-state index in [0.717, 1.165) is 57.8 Å². The number of hydrogen-bond donors (Lipinski definition) is 2. The fourth-order valence-corrected chi connectivity index (χ4v) is 3.63. The van der Waals surface area contributed by atoms with Crippen LogP contribution in [-0.4, -0.2) is 34.5 Å². The summed E-state index contributed by atoms with van der Waals surface area (Å²) in [4.78, 5) is 23.1. The molecule has 4 heteroatoms. The number of rotatable bonds is 14. The molecule has 1 unspecified atom stereocenters. The van der Waals surface area contributed by atoms with Gasteiger partial charge in [-0.25, -0.2) is 0 Å². The first-order valence-corrected chi connectivity index (χ1v) is 10.1. The molecule has 0 spiro atoms. The summed E-state index contributed by atoms with van der Waals surface area (Å²) in [7, 11) is 0. The van der Waals surface area contributed by atoms with E-state index in [1.807, 2.05) is 0 Å². The first-order valence-electron chi connectivity index (χ1n) is 10.1. The van der Waals surface area contributed by atoms with E-state index in [-0.39, 0.29) is 24.4 Å². The maximum atomic E-state index is 12.1. The number of aliphatic hydroxyl groups excluding tert-OH is 2. The van der Waals surface area contributed by atoms with E-state index in [1.54, 1.807) is 0 Å². The second kappa shape index (κ2) is 13.2. The Morgan fingerprint density at radius 2 is 2.00 bits per heavy atom. The van der Waals surface area contributed by atoms with Crippen LogP contribution in [0.5, 0.6) is 0 Å². The maximum Gasteiger partial charge on any atom is 0.158 e. The van der Waals surface area contributed by atoms with Crippen LogP contribution in [0.15, 0.2) is 12.2 Å². The molecule has 0 aromatic carbocycles. The zero-order valence-electron chi connectivity index (χ0n) is 15.8. The number of Topliss-reactive ketones (excluding diaryl/α,β-unsaturated/α-hetero) is 2. The molecule has 0 saturated heterocycles. The average molecular weight is 353 g/mol. The quantitative estimate of drug-likeness (QED) is 0.366. The second-order valence-corrected chi connectivity index (χ2v) is 7.38. The highest BCUT2D eigenvalue weighted by Crippen LogP contribution is 2.34. The number of aliphatic hydroxyl groups is 2. The van der Waals surface area contributed by atoms with E-state index in [2.05, 4.69) is 19.1 Å². The van der Waals surface area contributed by atoms with Crippen LogP contribution in [0.4, 0.5) is 0 Å². The molecular weight excluding hydrogens is 316 g/mol. The van der Waals surface area contributed by atoms with Crippen molar-refractivity contribution in [2.24, 2.45) is 11.8 Å². The largest absolute Gasteiger partial charge is 0.393 e. The Morgan fingerprint density at radius 1 is 1.24 bits per heavy atom. The summed E-state index contributed by atoms with van der Waals surface area (Å²) in [6.07, 6.45) is 14.6. The third kappa shape index (κ3) is 9.31. The Kier molecular flexibility index (Phi) is 11.7. The molecule has 25 heavy (non-hydrogen) atoms. The second-order valence-electron chi connectivity index (χ2n) is 7.38. The molecule has 2 N–H and O–H groups in total. The molecule has 1 aliphatic carbocycles. The molecule has 0 radical (unpaired) electrons. The van der Waals surface area contributed by atoms with Crippen molar-refractivity contribution in [3.63, 3.8) is 0 Å². The molecule has 0 aromatic heterocycles. The SMILES string of the molecule is CCCCC(O)C/C=C/[C@H]1CCC(=O)[C@@H]1CCCCCCC(=O)CO. The van der Waals surface area contributed by atoms with Gasteiger partial charge in [0, 0.05) is 18.8 Å². The maximum absolute atomic E-state index is 12.1. The van der Waals surface area contributed by atoms with Gasteiger partial charge in [-0.05, 0) is 38.0 Å². The van der Waals surface area contributed by atoms with Crippen molar-refractivity contribution in [1.82, 2.24) is 0 Å². The summed E-state index contributed by atoms with van der Waals surface area (Å²) in [5.41, 5.74) is 0. The van der Waals surface area contributed by atoms with Crippen LogP contribution in [0.1, 0.15) is 84.0 Å². The van der Waals surface area contributed by atoms with Crippen LogP contribution >= 0.6 is 0 Å². The van der Waals surface area contributed by atoms with Gasteiger partial charge >= 0.3 is 0 Å². The van der Waals surface area contributed by atoms with Gasteiger partial charge in [0.05, 0.1) is 6.10 Å². The van der Waals surface area contributed by atoms with Crippen molar-refractivity contribution in [3.8, 4) is 0 Å². The number of carbonyl (C=O) groups excluding carboxylic acids is 2. The summed E-state index contributed by atoms with van der Waals surface area (Å²) in [6.45, 7) is 1.78. The van der Waals surface area contributed by atoms with Crippen molar-refractivity contribution in [2.45, 2.75) is 90.1 Å². The Morgan fingerprint density at radius 3 is 2.72 bits per heavy atom. The Bertz CT molecular complexity index is 416. The standard InChI is InChI=1S/C21H36O4/c1-2-3-10-18(23)12-8-9-17-14-15-21(25)20(17)13-7-5-4-6-11-19(24)16-22/h8-9,17-18,20,22-23H,2-7,10-16H2,1H3/b9-8+/t17-,18?,20+/m0/s1. The minimum atomic E-state index is -0.349. The van der Waals surface area contributed by atoms with E-state index in [4.69, 9.17) is 5.11 Å². The number of hydrogen-bond acceptors (Lipinski definition) is 4. The summed E-state index contributed by atoms with van der Waals surface area (Å²) >= 11 is 0. The first kappa shape index (κ1) is 22.0. The molecule has 0 amide bonds. The van der Waals surface area contributed by atoms with Crippen LogP contribution in [0, 0.1) is 11.8 Å². The number of ketones is 2. The van der Waals surface area contributed by atoms with Crippen molar-refractivity contribution in [3.05, 3.63) is 12.2 Å². The lowest BCUT2D eigenvalue weighted by molar-refractivity contribution is -0.122. The summed E-state index contributed by atoms with van der Waals surface area (Å²) in [5.74, 6) is 0.777. The lowest BCUT2D eigenvalue weighted by Crippen LogP contribution is -2.13. The summed E-state index contributed by atoms with van der Waals surface area (Å²) in [5, 5.41) is 18.6. The topological polar surface area (TPSA) is 74.6 Å². The molecule has 1 fully saturated rings. The minimum Gasteiger partial charge on any atom is -0.393 e. The molecule has 1 aliphatic rings. The highest BCUT2D eigenvalue weighted by atomic mass is 16.3. The van der Waals surface area contributed by atoms with Crippen molar-refractivity contribution < 1.29 is 19.8 Å². The highest BCUT2D eigenvalue weighted by Gasteiger charge is 2.32. The number of unbranched alkanes of at least 4 members (excludes halogenated alkanes) is 4. The van der Waals surface area contributed by atoms with E-state index in [9.17, 15) is 14.7 Å². The van der Waals surface area contributed by atoms with Crippen LogP contribution in [-0.2, 0) is 9.59 Å². The van der Waals surface area contributed by atoms with Gasteiger partial charge in [-0.15, -0.1) is 0 Å². The minimum absolute atomic E-state index is 0.0858. The van der Waals surface area contributed by atoms with Crippen LogP contribution in [0.3, 0.4) is 0 Å². The molecule has 0 aliphatic heterocycles. The molecule has 0 heterocycles. The van der Waals surface area contributed by atoms with E-state index in [1.165, 1.54) is 0 Å². The molecule has 1 rings (SSSR count). The van der Waals surface area contributed by atoms with Gasteiger partial charge in [-0.2, -0.15) is 0 Å². The van der Waals surface area contributed by atoms with Gasteiger partial charge in [-0.1, -0.05) is 51.2 Å². The summed E-state index contributed by atoms with van der Waals surface area (Å²) in [6, 6.07) is 0. The van der Waals surface area contributed by atoms with Crippen LogP contribution in [0.25, 0.3) is 0 Å². The summed E-state index contributed by atoms with van der Waals surface area (Å²) < 4.78 is 0.